The molecule has 0 atom stereocenters. The van der Waals surface area contributed by atoms with Crippen LogP contribution in [0, 0.1) is 6.92 Å². The molecule has 14 heavy (non-hydrogen) atoms. The number of rotatable bonds is 4. The first-order valence-electron chi connectivity index (χ1n) is 4.21. The van der Waals surface area contributed by atoms with Crippen LogP contribution in [0.5, 0.6) is 0 Å². The van der Waals surface area contributed by atoms with Crippen molar-refractivity contribution in [3.05, 3.63) is 11.8 Å². The highest BCUT2D eigenvalue weighted by Crippen LogP contribution is 2.09. The van der Waals surface area contributed by atoms with Gasteiger partial charge in [-0.2, -0.15) is 18.2 Å². The summed E-state index contributed by atoms with van der Waals surface area (Å²) in [5, 5.41) is 6.26. The van der Waals surface area contributed by atoms with Gasteiger partial charge in [-0.1, -0.05) is 0 Å². The molecule has 1 heterocycles. The molecular weight excluding hydrogens is 204 g/mol. The second kappa shape index (κ2) is 3.97. The fraction of sp³-hybridized carbons (Fsp3) is 0.571. The summed E-state index contributed by atoms with van der Waals surface area (Å²) in [5.41, 5.74) is 0.749. The predicted molar refractivity (Wildman–Crippen MR) is 54.1 cm³/mol. The monoisotopic (exact) mass is 218 g/mol. The highest BCUT2D eigenvalue weighted by Gasteiger charge is 2.13. The van der Waals surface area contributed by atoms with Crippen molar-refractivity contribution in [1.29, 1.82) is 0 Å². The molecule has 6 nitrogen and oxygen atoms in total. The normalized spacial score (nSPS) is 12.0. The number of H-pyrrole nitrogens is 1. The van der Waals surface area contributed by atoms with Gasteiger partial charge in [-0.25, -0.2) is 0 Å². The number of anilines is 1. The van der Waals surface area contributed by atoms with Gasteiger partial charge in [0.2, 0.25) is 0 Å². The van der Waals surface area contributed by atoms with Crippen LogP contribution in [0.15, 0.2) is 6.20 Å². The van der Waals surface area contributed by atoms with Gasteiger partial charge in [0.1, 0.15) is 5.82 Å². The molecule has 1 aromatic rings. The zero-order valence-corrected chi connectivity index (χ0v) is 9.14. The Labute approximate surface area is 83.3 Å². The van der Waals surface area contributed by atoms with Gasteiger partial charge in [-0.15, -0.1) is 0 Å². The molecule has 0 fully saturated rings. The predicted octanol–water partition coefficient (Wildman–Crippen LogP) is 0.373. The van der Waals surface area contributed by atoms with Gasteiger partial charge in [0, 0.05) is 11.6 Å². The van der Waals surface area contributed by atoms with Crippen molar-refractivity contribution in [1.82, 2.24) is 14.9 Å². The van der Waals surface area contributed by atoms with Crippen LogP contribution in [0.2, 0.25) is 0 Å². The van der Waals surface area contributed by atoms with E-state index >= 15 is 0 Å². The largest absolute Gasteiger partial charge is 0.300 e. The molecule has 1 aromatic heterocycles. The van der Waals surface area contributed by atoms with Gasteiger partial charge >= 0.3 is 0 Å². The first kappa shape index (κ1) is 11.0. The first-order valence-corrected chi connectivity index (χ1v) is 5.69. The third kappa shape index (κ3) is 3.00. The van der Waals surface area contributed by atoms with Crippen molar-refractivity contribution in [2.24, 2.45) is 0 Å². The topological polar surface area (TPSA) is 86.9 Å². The van der Waals surface area contributed by atoms with Crippen molar-refractivity contribution >= 4 is 16.0 Å². The number of hydrogen-bond acceptors (Lipinski definition) is 3. The molecule has 0 saturated heterocycles. The molecular formula is C7H14N4O2S. The Kier molecular flexibility index (Phi) is 3.12. The summed E-state index contributed by atoms with van der Waals surface area (Å²) in [7, 11) is -3.50. The Morgan fingerprint density at radius 2 is 2.14 bits per heavy atom. The lowest BCUT2D eigenvalue weighted by molar-refractivity contribution is 0.575. The maximum absolute atomic E-state index is 11.4. The van der Waals surface area contributed by atoms with Gasteiger partial charge in [-0.05, 0) is 20.8 Å². The number of aromatic nitrogens is 2. The zero-order chi connectivity index (χ0) is 10.8. The van der Waals surface area contributed by atoms with E-state index in [1.54, 1.807) is 27.0 Å². The average Bonchev–Trinajstić information content (AvgIpc) is 2.32. The molecule has 0 saturated carbocycles. The van der Waals surface area contributed by atoms with Gasteiger partial charge in [0.15, 0.2) is 0 Å². The molecule has 3 N–H and O–H groups in total. The van der Waals surface area contributed by atoms with Crippen LogP contribution in [-0.4, -0.2) is 24.7 Å². The van der Waals surface area contributed by atoms with E-state index in [1.165, 1.54) is 0 Å². The first-order chi connectivity index (χ1) is 6.41. The maximum Gasteiger partial charge on any atom is 0.300 e. The Hall–Kier alpha value is -1.08. The van der Waals surface area contributed by atoms with E-state index in [1.807, 2.05) is 0 Å². The molecule has 0 amide bonds. The van der Waals surface area contributed by atoms with E-state index in [9.17, 15) is 8.42 Å². The Balaban J connectivity index is 2.74. The van der Waals surface area contributed by atoms with Crippen LogP contribution >= 0.6 is 0 Å². The molecule has 0 bridgehead atoms. The number of nitrogens with one attached hydrogen (secondary N) is 3. The summed E-state index contributed by atoms with van der Waals surface area (Å²) in [4.78, 5) is 0. The van der Waals surface area contributed by atoms with Crippen molar-refractivity contribution in [2.45, 2.75) is 26.8 Å². The van der Waals surface area contributed by atoms with E-state index < -0.39 is 10.2 Å². The molecule has 1 rings (SSSR count). The van der Waals surface area contributed by atoms with Crippen LogP contribution in [0.1, 0.15) is 19.4 Å². The van der Waals surface area contributed by atoms with Crippen molar-refractivity contribution in [3.8, 4) is 0 Å². The summed E-state index contributed by atoms with van der Waals surface area (Å²) in [5.74, 6) is 0.387. The van der Waals surface area contributed by atoms with Crippen molar-refractivity contribution in [2.75, 3.05) is 4.72 Å². The van der Waals surface area contributed by atoms with Gasteiger partial charge < -0.3 is 0 Å². The minimum absolute atomic E-state index is 0.143. The SMILES string of the molecule is Cc1cn[nH]c1NS(=O)(=O)NC(C)C. The third-order valence-electron chi connectivity index (χ3n) is 1.46. The fourth-order valence-electron chi connectivity index (χ4n) is 0.924. The van der Waals surface area contributed by atoms with E-state index in [0.29, 0.717) is 5.82 Å². The summed E-state index contributed by atoms with van der Waals surface area (Å²) < 4.78 is 27.5. The Bertz CT molecular complexity index is 396. The molecule has 0 radical (unpaired) electrons. The van der Waals surface area contributed by atoms with E-state index in [2.05, 4.69) is 19.6 Å². The molecule has 0 aliphatic carbocycles. The van der Waals surface area contributed by atoms with Gasteiger partial charge in [0.05, 0.1) is 6.20 Å². The Morgan fingerprint density at radius 1 is 1.50 bits per heavy atom. The van der Waals surface area contributed by atoms with Gasteiger partial charge in [-0.3, -0.25) is 9.82 Å². The third-order valence-corrected chi connectivity index (χ3v) is 2.71. The summed E-state index contributed by atoms with van der Waals surface area (Å²) in [6, 6.07) is -0.143. The lowest BCUT2D eigenvalue weighted by Gasteiger charge is -2.10. The smallest absolute Gasteiger partial charge is 0.262 e. The second-order valence-electron chi connectivity index (χ2n) is 3.31. The highest BCUT2D eigenvalue weighted by atomic mass is 32.2. The lowest BCUT2D eigenvalue weighted by Crippen LogP contribution is -2.35. The average molecular weight is 218 g/mol. The minimum atomic E-state index is -3.50. The van der Waals surface area contributed by atoms with Crippen molar-refractivity contribution in [3.63, 3.8) is 0 Å². The number of aryl methyl sites for hydroxylation is 1. The second-order valence-corrected chi connectivity index (χ2v) is 4.75. The highest BCUT2D eigenvalue weighted by molar-refractivity contribution is 7.90. The maximum atomic E-state index is 11.4. The molecule has 0 spiro atoms. The van der Waals surface area contributed by atoms with E-state index in [4.69, 9.17) is 0 Å². The van der Waals surface area contributed by atoms with Crippen LogP contribution in [0.4, 0.5) is 5.82 Å². The molecule has 0 aliphatic rings. The van der Waals surface area contributed by atoms with Crippen LogP contribution in [0.3, 0.4) is 0 Å². The quantitative estimate of drug-likeness (QED) is 0.682. The molecule has 0 unspecified atom stereocenters. The summed E-state index contributed by atoms with van der Waals surface area (Å²) in [6.45, 7) is 5.26. The molecule has 7 heteroatoms. The van der Waals surface area contributed by atoms with Crippen LogP contribution < -0.4 is 9.44 Å². The van der Waals surface area contributed by atoms with E-state index in [0.717, 1.165) is 5.56 Å². The van der Waals surface area contributed by atoms with Gasteiger partial charge in [0.25, 0.3) is 10.2 Å². The standard InChI is InChI=1S/C7H14N4O2S/c1-5(2)10-14(12,13)11-7-6(3)4-8-9-7/h4-5,10H,1-3H3,(H2,8,9,11). The molecule has 0 aliphatic heterocycles. The van der Waals surface area contributed by atoms with Crippen molar-refractivity contribution < 1.29 is 8.42 Å². The van der Waals surface area contributed by atoms with Crippen LogP contribution in [0.25, 0.3) is 0 Å². The number of nitrogens with zero attached hydrogens (tertiary/aromatic N) is 1. The molecule has 0 aromatic carbocycles. The van der Waals surface area contributed by atoms with Crippen LogP contribution in [-0.2, 0) is 10.2 Å². The lowest BCUT2D eigenvalue weighted by atomic mass is 10.4. The number of aromatic amines is 1. The molecule has 80 valence electrons. The van der Waals surface area contributed by atoms with E-state index in [-0.39, 0.29) is 6.04 Å². The zero-order valence-electron chi connectivity index (χ0n) is 8.33. The summed E-state index contributed by atoms with van der Waals surface area (Å²) in [6.07, 6.45) is 1.55. The number of hydrogen-bond donors (Lipinski definition) is 3. The summed E-state index contributed by atoms with van der Waals surface area (Å²) >= 11 is 0. The fourth-order valence-corrected chi connectivity index (χ4v) is 2.08. The minimum Gasteiger partial charge on any atom is -0.262 e. The Morgan fingerprint density at radius 3 is 2.57 bits per heavy atom.